The molecule has 0 bridgehead atoms. The largest absolute Gasteiger partial charge is 0.481 e. The number of carboxylic acids is 1. The van der Waals surface area contributed by atoms with Crippen molar-refractivity contribution in [1.29, 1.82) is 0 Å². The van der Waals surface area contributed by atoms with Crippen molar-refractivity contribution in [3.8, 4) is 0 Å². The normalized spacial score (nSPS) is 11.2. The zero-order valence-electron chi connectivity index (χ0n) is 4.37. The Labute approximate surface area is 64.8 Å². The van der Waals surface area contributed by atoms with E-state index in [0.717, 1.165) is 0 Å². The summed E-state index contributed by atoms with van der Waals surface area (Å²) in [4.78, 5) is 9.78. The molecule has 0 amide bonds. The number of hydrogen-bond donors (Lipinski definition) is 1. The van der Waals surface area contributed by atoms with Gasteiger partial charge in [0.2, 0.25) is 7.01 Å². The average molecular weight is 264 g/mol. The Hall–Kier alpha value is 0.150. The van der Waals surface area contributed by atoms with Gasteiger partial charge in [0, 0.05) is 0 Å². The lowest BCUT2D eigenvalue weighted by Gasteiger charge is -1.88. The van der Waals surface area contributed by atoms with Gasteiger partial charge in [0.25, 0.3) is 0 Å². The molecule has 0 aromatic rings. The Morgan fingerprint density at radius 2 is 2.00 bits per heavy atom. The monoisotopic (exact) mass is 264 g/mol. The van der Waals surface area contributed by atoms with E-state index in [4.69, 9.17) is 5.11 Å². The molecule has 0 aliphatic carbocycles. The summed E-state index contributed by atoms with van der Waals surface area (Å²) in [5, 5.41) is 8.01. The molecule has 0 aliphatic heterocycles. The minimum Gasteiger partial charge on any atom is -0.481 e. The lowest BCUT2D eigenvalue weighted by molar-refractivity contribution is -0.136. The second kappa shape index (κ2) is 3.35. The molecule has 6 heteroatoms. The smallest absolute Gasteiger partial charge is 0.304 e. The highest BCUT2D eigenvalue weighted by Crippen LogP contribution is 2.02. The maximum absolute atomic E-state index is 10.3. The van der Waals surface area contributed by atoms with Crippen LogP contribution in [0.15, 0.2) is 0 Å². The van der Waals surface area contributed by atoms with E-state index in [-0.39, 0.29) is 12.2 Å². The van der Waals surface area contributed by atoms with E-state index in [2.05, 4.69) is 0 Å². The summed E-state index contributed by atoms with van der Waals surface area (Å²) >= 11 is 1.22. The van der Waals surface area contributed by atoms with Gasteiger partial charge in [0.1, 0.15) is 0 Å². The van der Waals surface area contributed by atoms with Crippen molar-refractivity contribution in [2.24, 2.45) is 0 Å². The third-order valence-electron chi connectivity index (χ3n) is 0.560. The van der Waals surface area contributed by atoms with Crippen LogP contribution in [0.2, 0.25) is 0 Å². The first-order chi connectivity index (χ1) is 3.92. The average Bonchev–Trinajstić information content (AvgIpc) is 1.59. The third-order valence-corrected chi connectivity index (χ3v) is 2.57. The Bertz CT molecular complexity index is 194. The van der Waals surface area contributed by atoms with Crippen LogP contribution in [0.4, 0.5) is 0 Å². The second-order valence-corrected chi connectivity index (χ2v) is 6.90. The number of carboxylic acid groups (broad SMARTS) is 1. The Morgan fingerprint density at radius 3 is 2.11 bits per heavy atom. The zero-order chi connectivity index (χ0) is 7.49. The van der Waals surface area contributed by atoms with Gasteiger partial charge in [-0.2, -0.15) is 0 Å². The second-order valence-electron chi connectivity index (χ2n) is 1.39. The summed E-state index contributed by atoms with van der Waals surface area (Å²) in [6.45, 7) is 0. The van der Waals surface area contributed by atoms with Crippen molar-refractivity contribution in [2.75, 3.05) is 5.75 Å². The summed E-state index contributed by atoms with van der Waals surface area (Å²) in [6, 6.07) is 0. The van der Waals surface area contributed by atoms with E-state index in [9.17, 15) is 13.2 Å². The SMILES string of the molecule is O=C(O)CCS(=O)(=O)I. The summed E-state index contributed by atoms with van der Waals surface area (Å²) in [5.74, 6) is -1.38. The molecule has 0 rings (SSSR count). The van der Waals surface area contributed by atoms with Gasteiger partial charge < -0.3 is 5.11 Å². The lowest BCUT2D eigenvalue weighted by Crippen LogP contribution is -2.03. The van der Waals surface area contributed by atoms with Gasteiger partial charge in [-0.25, -0.2) is 8.42 Å². The van der Waals surface area contributed by atoms with Crippen molar-refractivity contribution in [2.45, 2.75) is 6.42 Å². The van der Waals surface area contributed by atoms with E-state index >= 15 is 0 Å². The number of rotatable bonds is 3. The van der Waals surface area contributed by atoms with Crippen molar-refractivity contribution in [3.05, 3.63) is 0 Å². The van der Waals surface area contributed by atoms with Gasteiger partial charge in [-0.05, 0) is 0 Å². The molecule has 0 heterocycles. The molecule has 4 nitrogen and oxygen atoms in total. The summed E-state index contributed by atoms with van der Waals surface area (Å²) in [5.41, 5.74) is 0. The number of carbonyl (C=O) groups is 1. The first kappa shape index (κ1) is 9.15. The molecule has 9 heavy (non-hydrogen) atoms. The Kier molecular flexibility index (Phi) is 3.41. The maximum atomic E-state index is 10.3. The fourth-order valence-corrected chi connectivity index (χ4v) is 1.29. The predicted molar refractivity (Wildman–Crippen MR) is 40.1 cm³/mol. The molecule has 0 aromatic heterocycles. The Morgan fingerprint density at radius 1 is 1.56 bits per heavy atom. The first-order valence-electron chi connectivity index (χ1n) is 2.06. The molecule has 0 fully saturated rings. The van der Waals surface area contributed by atoms with E-state index in [0.29, 0.717) is 0 Å². The van der Waals surface area contributed by atoms with Gasteiger partial charge >= 0.3 is 5.97 Å². The van der Waals surface area contributed by atoms with Crippen LogP contribution in [-0.4, -0.2) is 25.2 Å². The van der Waals surface area contributed by atoms with Gasteiger partial charge in [-0.1, -0.05) is 0 Å². The van der Waals surface area contributed by atoms with Crippen LogP contribution in [0.3, 0.4) is 0 Å². The minimum atomic E-state index is -3.13. The number of hydrogen-bond acceptors (Lipinski definition) is 3. The van der Waals surface area contributed by atoms with Crippen LogP contribution in [0.25, 0.3) is 0 Å². The molecule has 54 valence electrons. The molecule has 0 aliphatic rings. The van der Waals surface area contributed by atoms with Crippen molar-refractivity contribution >= 4 is 34.2 Å². The summed E-state index contributed by atoms with van der Waals surface area (Å²) in [7, 11) is -3.13. The van der Waals surface area contributed by atoms with Crippen LogP contribution >= 0.6 is 21.2 Å². The van der Waals surface area contributed by atoms with Crippen molar-refractivity contribution in [3.63, 3.8) is 0 Å². The van der Waals surface area contributed by atoms with Crippen LogP contribution in [0.5, 0.6) is 0 Å². The van der Waals surface area contributed by atoms with Gasteiger partial charge in [-0.3, -0.25) is 4.79 Å². The van der Waals surface area contributed by atoms with Crippen LogP contribution in [0.1, 0.15) is 6.42 Å². The molecule has 0 saturated carbocycles. The van der Waals surface area contributed by atoms with Gasteiger partial charge in [-0.15, -0.1) is 0 Å². The highest BCUT2D eigenvalue weighted by atomic mass is 127. The highest BCUT2D eigenvalue weighted by Gasteiger charge is 2.06. The third kappa shape index (κ3) is 8.15. The number of halogens is 1. The van der Waals surface area contributed by atoms with E-state index in [1.807, 2.05) is 0 Å². The number of aliphatic carboxylic acids is 1. The van der Waals surface area contributed by atoms with Crippen LogP contribution < -0.4 is 0 Å². The molecule has 0 spiro atoms. The molecular formula is C3H5IO4S. The molecule has 0 unspecified atom stereocenters. The van der Waals surface area contributed by atoms with Crippen LogP contribution in [0, 0.1) is 0 Å². The summed E-state index contributed by atoms with van der Waals surface area (Å²) < 4.78 is 20.5. The Balaban J connectivity index is 3.67. The molecule has 0 radical (unpaired) electrons. The van der Waals surface area contributed by atoms with Gasteiger partial charge in [0.15, 0.2) is 0 Å². The maximum Gasteiger partial charge on any atom is 0.304 e. The highest BCUT2D eigenvalue weighted by molar-refractivity contribution is 14.2. The summed E-state index contributed by atoms with van der Waals surface area (Å²) in [6.07, 6.45) is -0.314. The lowest BCUT2D eigenvalue weighted by atomic mass is 10.5. The topological polar surface area (TPSA) is 71.4 Å². The first-order valence-corrected chi connectivity index (χ1v) is 6.25. The quantitative estimate of drug-likeness (QED) is 0.585. The molecule has 0 atom stereocenters. The minimum absolute atomic E-state index is 0.289. The van der Waals surface area contributed by atoms with E-state index in [1.54, 1.807) is 0 Å². The standard InChI is InChI=1S/C3H5IO4S/c4-9(7,8)2-1-3(5)6/h1-2H2,(H,5,6). The molecule has 0 aromatic carbocycles. The van der Waals surface area contributed by atoms with E-state index in [1.165, 1.54) is 21.2 Å². The van der Waals surface area contributed by atoms with Crippen molar-refractivity contribution in [1.82, 2.24) is 0 Å². The van der Waals surface area contributed by atoms with Gasteiger partial charge in [0.05, 0.1) is 33.4 Å². The molecule has 0 saturated heterocycles. The fourth-order valence-electron chi connectivity index (χ4n) is 0.209. The van der Waals surface area contributed by atoms with Crippen LogP contribution in [-0.2, 0) is 11.8 Å². The predicted octanol–water partition coefficient (Wildman–Crippen LogP) is 0.226. The molecular weight excluding hydrogens is 259 g/mol. The van der Waals surface area contributed by atoms with E-state index < -0.39 is 13.0 Å². The van der Waals surface area contributed by atoms with Crippen molar-refractivity contribution < 1.29 is 18.3 Å². The molecule has 1 N–H and O–H groups in total. The zero-order valence-corrected chi connectivity index (χ0v) is 7.35. The fraction of sp³-hybridized carbons (Fsp3) is 0.667.